The van der Waals surface area contributed by atoms with Gasteiger partial charge in [0.1, 0.15) is 0 Å². The summed E-state index contributed by atoms with van der Waals surface area (Å²) in [6.07, 6.45) is 6.26. The molecule has 2 aliphatic heterocycles. The van der Waals surface area contributed by atoms with Gasteiger partial charge in [-0.25, -0.2) is 4.98 Å². The van der Waals surface area contributed by atoms with Gasteiger partial charge in [-0.05, 0) is 13.3 Å². The number of thiazole rings is 1. The molecule has 0 bridgehead atoms. The average Bonchev–Trinajstić information content (AvgIpc) is 3.13. The molecule has 4 heterocycles. The van der Waals surface area contributed by atoms with E-state index >= 15 is 0 Å². The Morgan fingerprint density at radius 2 is 2.33 bits per heavy atom. The lowest BCUT2D eigenvalue weighted by Crippen LogP contribution is -2.65. The first kappa shape index (κ1) is 16.2. The van der Waals surface area contributed by atoms with Gasteiger partial charge in [0.15, 0.2) is 0 Å². The van der Waals surface area contributed by atoms with Gasteiger partial charge in [0.25, 0.3) is 0 Å². The first-order chi connectivity index (χ1) is 11.6. The van der Waals surface area contributed by atoms with Gasteiger partial charge in [-0.15, -0.1) is 11.3 Å². The molecular weight excluding hydrogens is 324 g/mol. The highest BCUT2D eigenvalue weighted by Crippen LogP contribution is 2.36. The number of nitrogens with zero attached hydrogens (tertiary/aromatic N) is 4. The van der Waals surface area contributed by atoms with Crippen molar-refractivity contribution in [1.82, 2.24) is 19.7 Å². The molecule has 2 aliphatic rings. The van der Waals surface area contributed by atoms with Crippen LogP contribution < -0.4 is 0 Å². The van der Waals surface area contributed by atoms with Crippen LogP contribution in [0.25, 0.3) is 0 Å². The zero-order valence-electron chi connectivity index (χ0n) is 14.3. The quantitative estimate of drug-likeness (QED) is 0.829. The number of ether oxygens (including phenoxy) is 2. The molecule has 0 radical (unpaired) electrons. The molecule has 2 fully saturated rings. The molecule has 0 saturated carbocycles. The van der Waals surface area contributed by atoms with E-state index in [0.29, 0.717) is 6.61 Å². The van der Waals surface area contributed by atoms with E-state index in [-0.39, 0.29) is 11.7 Å². The van der Waals surface area contributed by atoms with Gasteiger partial charge in [0, 0.05) is 56.9 Å². The molecule has 0 unspecified atom stereocenters. The van der Waals surface area contributed by atoms with Gasteiger partial charge >= 0.3 is 0 Å². The SMILES string of the molecule is Cc1nc(CO[C@@H]2CCOC3(C2)CN(Cc2cnn(C)c2)C3)cs1. The Bertz CT molecular complexity index is 692. The average molecular weight is 348 g/mol. The van der Waals surface area contributed by atoms with Gasteiger partial charge in [0.05, 0.1) is 35.2 Å². The highest BCUT2D eigenvalue weighted by atomic mass is 32.1. The highest BCUT2D eigenvalue weighted by Gasteiger charge is 2.47. The second-order valence-electron chi connectivity index (χ2n) is 6.98. The minimum Gasteiger partial charge on any atom is -0.372 e. The van der Waals surface area contributed by atoms with E-state index in [2.05, 4.69) is 26.6 Å². The fourth-order valence-corrected chi connectivity index (χ4v) is 4.31. The Kier molecular flexibility index (Phi) is 4.42. The van der Waals surface area contributed by atoms with Crippen molar-refractivity contribution in [3.05, 3.63) is 34.0 Å². The van der Waals surface area contributed by atoms with Crippen molar-refractivity contribution < 1.29 is 9.47 Å². The fraction of sp³-hybridized carbons (Fsp3) is 0.647. The molecule has 7 heteroatoms. The maximum atomic E-state index is 6.10. The van der Waals surface area contributed by atoms with Crippen LogP contribution in [0.3, 0.4) is 0 Å². The maximum absolute atomic E-state index is 6.10. The Hall–Kier alpha value is -1.28. The number of hydrogen-bond acceptors (Lipinski definition) is 6. The molecule has 0 aliphatic carbocycles. The van der Waals surface area contributed by atoms with Crippen molar-refractivity contribution in [3.63, 3.8) is 0 Å². The second-order valence-corrected chi connectivity index (χ2v) is 8.04. The third-order valence-electron chi connectivity index (χ3n) is 4.77. The topological polar surface area (TPSA) is 52.4 Å². The van der Waals surface area contributed by atoms with E-state index in [1.807, 2.05) is 24.9 Å². The molecule has 1 atom stereocenters. The molecule has 2 aromatic rings. The molecule has 2 saturated heterocycles. The Morgan fingerprint density at radius 3 is 3.04 bits per heavy atom. The number of hydrogen-bond donors (Lipinski definition) is 0. The van der Waals surface area contributed by atoms with Crippen LogP contribution in [0.1, 0.15) is 29.1 Å². The summed E-state index contributed by atoms with van der Waals surface area (Å²) < 4.78 is 14.1. The van der Waals surface area contributed by atoms with Crippen LogP contribution in [0.4, 0.5) is 0 Å². The van der Waals surface area contributed by atoms with E-state index in [0.717, 1.165) is 49.8 Å². The molecule has 4 rings (SSSR count). The number of aromatic nitrogens is 3. The number of rotatable bonds is 5. The number of aryl methyl sites for hydroxylation is 2. The summed E-state index contributed by atoms with van der Waals surface area (Å²) in [7, 11) is 1.96. The fourth-order valence-electron chi connectivity index (χ4n) is 3.72. The standard InChI is InChI=1S/C17H24N4O2S/c1-13-19-15(10-24-13)9-22-16-3-4-23-17(5-16)11-21(12-17)8-14-6-18-20(2)7-14/h6-7,10,16H,3-5,8-9,11-12H2,1-2H3/t16-/m1/s1. The summed E-state index contributed by atoms with van der Waals surface area (Å²) in [5, 5.41) is 7.42. The van der Waals surface area contributed by atoms with Crippen LogP contribution in [-0.4, -0.2) is 51.1 Å². The molecule has 130 valence electrons. The molecule has 2 aromatic heterocycles. The van der Waals surface area contributed by atoms with Gasteiger partial charge in [-0.2, -0.15) is 5.10 Å². The predicted octanol–water partition coefficient (Wildman–Crippen LogP) is 2.14. The Labute approximate surface area is 146 Å². The highest BCUT2D eigenvalue weighted by molar-refractivity contribution is 7.09. The normalized spacial score (nSPS) is 23.5. The molecule has 6 nitrogen and oxygen atoms in total. The van der Waals surface area contributed by atoms with Crippen LogP contribution in [-0.2, 0) is 29.7 Å². The largest absolute Gasteiger partial charge is 0.372 e. The number of likely N-dealkylation sites (tertiary alicyclic amines) is 1. The first-order valence-corrected chi connectivity index (χ1v) is 9.35. The van der Waals surface area contributed by atoms with Crippen LogP contribution >= 0.6 is 11.3 Å². The summed E-state index contributed by atoms with van der Waals surface area (Å²) in [5.74, 6) is 0. The third-order valence-corrected chi connectivity index (χ3v) is 5.59. The van der Waals surface area contributed by atoms with Crippen molar-refractivity contribution in [1.29, 1.82) is 0 Å². The zero-order chi connectivity index (χ0) is 16.6. The molecular formula is C17H24N4O2S. The van der Waals surface area contributed by atoms with Gasteiger partial charge in [0.2, 0.25) is 0 Å². The maximum Gasteiger partial charge on any atom is 0.0959 e. The third kappa shape index (κ3) is 3.54. The van der Waals surface area contributed by atoms with Crippen LogP contribution in [0.15, 0.2) is 17.8 Å². The van der Waals surface area contributed by atoms with Crippen molar-refractivity contribution in [2.45, 2.75) is 44.6 Å². The molecule has 1 spiro atoms. The van der Waals surface area contributed by atoms with Crippen LogP contribution in [0, 0.1) is 6.92 Å². The van der Waals surface area contributed by atoms with Gasteiger partial charge in [-0.3, -0.25) is 9.58 Å². The monoisotopic (exact) mass is 348 g/mol. The van der Waals surface area contributed by atoms with Crippen LogP contribution in [0.5, 0.6) is 0 Å². The Balaban J connectivity index is 1.26. The van der Waals surface area contributed by atoms with E-state index in [1.165, 1.54) is 5.56 Å². The lowest BCUT2D eigenvalue weighted by Gasteiger charge is -2.53. The Morgan fingerprint density at radius 1 is 1.46 bits per heavy atom. The first-order valence-electron chi connectivity index (χ1n) is 8.47. The summed E-state index contributed by atoms with van der Waals surface area (Å²) in [6.45, 7) is 6.35. The second kappa shape index (κ2) is 6.55. The molecule has 24 heavy (non-hydrogen) atoms. The summed E-state index contributed by atoms with van der Waals surface area (Å²) in [5.41, 5.74) is 2.29. The lowest BCUT2D eigenvalue weighted by atomic mass is 9.84. The van der Waals surface area contributed by atoms with E-state index < -0.39 is 0 Å². The summed E-state index contributed by atoms with van der Waals surface area (Å²) in [4.78, 5) is 6.89. The summed E-state index contributed by atoms with van der Waals surface area (Å²) in [6, 6.07) is 0. The zero-order valence-corrected chi connectivity index (χ0v) is 15.1. The van der Waals surface area contributed by atoms with E-state index in [9.17, 15) is 0 Å². The van der Waals surface area contributed by atoms with Crippen molar-refractivity contribution in [2.75, 3.05) is 19.7 Å². The van der Waals surface area contributed by atoms with Crippen LogP contribution in [0.2, 0.25) is 0 Å². The molecule has 0 aromatic carbocycles. The van der Waals surface area contributed by atoms with Crippen molar-refractivity contribution >= 4 is 11.3 Å². The van der Waals surface area contributed by atoms with Gasteiger partial charge < -0.3 is 9.47 Å². The van der Waals surface area contributed by atoms with E-state index in [1.54, 1.807) is 11.3 Å². The predicted molar refractivity (Wildman–Crippen MR) is 91.8 cm³/mol. The van der Waals surface area contributed by atoms with Crippen molar-refractivity contribution in [2.24, 2.45) is 7.05 Å². The van der Waals surface area contributed by atoms with E-state index in [4.69, 9.17) is 9.47 Å². The lowest BCUT2D eigenvalue weighted by molar-refractivity contribution is -0.200. The molecule has 0 N–H and O–H groups in total. The molecule has 0 amide bonds. The van der Waals surface area contributed by atoms with Crippen molar-refractivity contribution in [3.8, 4) is 0 Å². The minimum absolute atomic E-state index is 0.0108. The minimum atomic E-state index is -0.0108. The summed E-state index contributed by atoms with van der Waals surface area (Å²) >= 11 is 1.68. The van der Waals surface area contributed by atoms with Gasteiger partial charge in [-0.1, -0.05) is 0 Å². The smallest absolute Gasteiger partial charge is 0.0959 e.